The molecule has 0 bridgehead atoms. The van der Waals surface area contributed by atoms with Crippen LogP contribution in [0.1, 0.15) is 63.9 Å². The highest BCUT2D eigenvalue weighted by molar-refractivity contribution is 5.94. The highest BCUT2D eigenvalue weighted by Gasteiger charge is 2.44. The molecule has 14 nitrogen and oxygen atoms in total. The van der Waals surface area contributed by atoms with Crippen molar-refractivity contribution in [3.63, 3.8) is 0 Å². The van der Waals surface area contributed by atoms with Gasteiger partial charge in [0.15, 0.2) is 6.29 Å². The van der Waals surface area contributed by atoms with Crippen LogP contribution in [-0.4, -0.2) is 114 Å². The number of amides is 1. The number of aliphatic hydroxyl groups excluding tert-OH is 4. The SMILES string of the molecule is CC(C)(C)CC(Cc1ccc(O)c(N=Nc2ccc(C(=O)NCCOCCOCCO[C@H]3OC(CO)[C@@H](O)C(O)[C@H]3O)cc2)c1)C(=O)C(C)(C)C. The highest BCUT2D eigenvalue weighted by atomic mass is 16.7. The minimum absolute atomic E-state index is 0.0253. The van der Waals surface area contributed by atoms with E-state index in [9.17, 15) is 35.1 Å². The van der Waals surface area contributed by atoms with Gasteiger partial charge in [-0.25, -0.2) is 0 Å². The number of hydrogen-bond donors (Lipinski definition) is 6. The van der Waals surface area contributed by atoms with E-state index in [-0.39, 0.29) is 68.4 Å². The van der Waals surface area contributed by atoms with E-state index in [2.05, 4.69) is 36.3 Å². The first-order chi connectivity index (χ1) is 24.0. The number of azo groups is 1. The predicted molar refractivity (Wildman–Crippen MR) is 188 cm³/mol. The van der Waals surface area contributed by atoms with Crippen molar-refractivity contribution in [2.45, 2.75) is 85.1 Å². The van der Waals surface area contributed by atoms with Gasteiger partial charge in [0.1, 0.15) is 41.6 Å². The summed E-state index contributed by atoms with van der Waals surface area (Å²) in [6.07, 6.45) is -5.41. The molecule has 6 N–H and O–H groups in total. The fourth-order valence-electron chi connectivity index (χ4n) is 5.55. The Labute approximate surface area is 299 Å². The Balaban J connectivity index is 1.38. The Bertz CT molecular complexity index is 1420. The molecular formula is C37H55N3O11. The smallest absolute Gasteiger partial charge is 0.251 e. The maximum absolute atomic E-state index is 13.2. The summed E-state index contributed by atoms with van der Waals surface area (Å²) in [4.78, 5) is 25.8. The lowest BCUT2D eigenvalue weighted by Crippen LogP contribution is -2.59. The molecule has 1 aliphatic rings. The zero-order chi connectivity index (χ0) is 37.8. The summed E-state index contributed by atoms with van der Waals surface area (Å²) in [5.41, 5.74) is 1.60. The van der Waals surface area contributed by atoms with Gasteiger partial charge in [-0.3, -0.25) is 9.59 Å². The number of aliphatic hydroxyl groups is 4. The third kappa shape index (κ3) is 13.6. The summed E-state index contributed by atoms with van der Waals surface area (Å²) in [6, 6.07) is 11.7. The lowest BCUT2D eigenvalue weighted by Gasteiger charge is -2.39. The summed E-state index contributed by atoms with van der Waals surface area (Å²) in [7, 11) is 0. The summed E-state index contributed by atoms with van der Waals surface area (Å²) >= 11 is 0. The number of benzene rings is 2. The van der Waals surface area contributed by atoms with Gasteiger partial charge < -0.3 is 49.8 Å². The molecule has 0 radical (unpaired) electrons. The summed E-state index contributed by atoms with van der Waals surface area (Å²) in [5, 5.41) is 60.4. The second-order valence-corrected chi connectivity index (χ2v) is 14.9. The lowest BCUT2D eigenvalue weighted by molar-refractivity contribution is -0.302. The molecule has 1 aliphatic heterocycles. The van der Waals surface area contributed by atoms with Gasteiger partial charge in [-0.05, 0) is 60.2 Å². The van der Waals surface area contributed by atoms with E-state index in [1.54, 1.807) is 36.4 Å². The van der Waals surface area contributed by atoms with Crippen LogP contribution < -0.4 is 5.32 Å². The van der Waals surface area contributed by atoms with Gasteiger partial charge in [0.25, 0.3) is 5.91 Å². The fourth-order valence-corrected chi connectivity index (χ4v) is 5.55. The van der Waals surface area contributed by atoms with Gasteiger partial charge in [-0.15, -0.1) is 5.11 Å². The summed E-state index contributed by atoms with van der Waals surface area (Å²) in [6.45, 7) is 12.9. The number of hydrogen-bond acceptors (Lipinski definition) is 13. The number of phenols is 1. The van der Waals surface area contributed by atoms with Gasteiger partial charge in [0.2, 0.25) is 0 Å². The van der Waals surface area contributed by atoms with Crippen LogP contribution >= 0.6 is 0 Å². The number of Topliss-reactive ketones (excluding diaryl/α,β-unsaturated/α-hetero) is 1. The Morgan fingerprint density at radius 3 is 2.14 bits per heavy atom. The summed E-state index contributed by atoms with van der Waals surface area (Å²) in [5.74, 6) is -0.285. The average molecular weight is 718 g/mol. The second-order valence-electron chi connectivity index (χ2n) is 14.9. The van der Waals surface area contributed by atoms with Crippen molar-refractivity contribution < 1.29 is 54.1 Å². The molecule has 1 saturated heterocycles. The zero-order valence-electron chi connectivity index (χ0n) is 30.4. The van der Waals surface area contributed by atoms with E-state index in [4.69, 9.17) is 18.9 Å². The Morgan fingerprint density at radius 2 is 1.51 bits per heavy atom. The van der Waals surface area contributed by atoms with Crippen molar-refractivity contribution >= 4 is 23.1 Å². The molecule has 2 aromatic rings. The largest absolute Gasteiger partial charge is 0.506 e. The number of phenolic OH excluding ortho intramolecular Hbond substituents is 1. The van der Waals surface area contributed by atoms with E-state index < -0.39 is 42.7 Å². The van der Waals surface area contributed by atoms with E-state index in [1.165, 1.54) is 0 Å². The summed E-state index contributed by atoms with van der Waals surface area (Å²) < 4.78 is 21.5. The van der Waals surface area contributed by atoms with Gasteiger partial charge >= 0.3 is 0 Å². The quantitative estimate of drug-likeness (QED) is 0.0970. The number of rotatable bonds is 18. The van der Waals surface area contributed by atoms with Gasteiger partial charge in [0.05, 0.1) is 45.3 Å². The molecule has 3 rings (SSSR count). The van der Waals surface area contributed by atoms with Crippen LogP contribution in [0.5, 0.6) is 5.75 Å². The van der Waals surface area contributed by atoms with Crippen LogP contribution in [0.25, 0.3) is 0 Å². The standard InChI is InChI=1S/C37H55N3O11/c1-36(2,3)21-25(33(46)37(4,5)6)19-23-7-12-28(42)27(20-23)40-39-26-10-8-24(9-11-26)34(47)38-13-14-48-15-16-49-17-18-50-35-32(45)31(44)30(43)29(22-41)51-35/h7-12,20,25,29-32,35,41-45H,13-19,21-22H2,1-6H3,(H,38,47)/t25?,29?,30-,31?,32-,35+/m1/s1. The molecule has 6 atom stereocenters. The topological polar surface area (TPSA) is 209 Å². The van der Waals surface area contributed by atoms with Crippen molar-refractivity contribution in [1.82, 2.24) is 5.32 Å². The molecule has 284 valence electrons. The molecule has 0 aromatic heterocycles. The highest BCUT2D eigenvalue weighted by Crippen LogP contribution is 2.35. The van der Waals surface area contributed by atoms with Crippen LogP contribution in [0.4, 0.5) is 11.4 Å². The van der Waals surface area contributed by atoms with E-state index in [0.717, 1.165) is 12.0 Å². The molecule has 0 aliphatic carbocycles. The molecule has 1 fully saturated rings. The van der Waals surface area contributed by atoms with Gasteiger partial charge in [-0.1, -0.05) is 47.6 Å². The number of nitrogens with zero attached hydrogens (tertiary/aromatic N) is 2. The van der Waals surface area contributed by atoms with E-state index in [1.807, 2.05) is 26.8 Å². The first-order valence-electron chi connectivity index (χ1n) is 17.2. The van der Waals surface area contributed by atoms with Gasteiger partial charge in [0, 0.05) is 23.4 Å². The fraction of sp³-hybridized carbons (Fsp3) is 0.622. The Hall–Kier alpha value is -3.34. The van der Waals surface area contributed by atoms with Crippen LogP contribution in [0.2, 0.25) is 0 Å². The van der Waals surface area contributed by atoms with Crippen molar-refractivity contribution in [2.75, 3.05) is 46.2 Å². The second kappa shape index (κ2) is 19.5. The molecule has 1 amide bonds. The minimum atomic E-state index is -1.51. The molecule has 51 heavy (non-hydrogen) atoms. The molecule has 2 aromatic carbocycles. The van der Waals surface area contributed by atoms with E-state index in [0.29, 0.717) is 23.4 Å². The number of aromatic hydroxyl groups is 1. The number of nitrogens with one attached hydrogen (secondary N) is 1. The van der Waals surface area contributed by atoms with Crippen LogP contribution in [0, 0.1) is 16.7 Å². The molecule has 0 saturated carbocycles. The zero-order valence-corrected chi connectivity index (χ0v) is 30.4. The average Bonchev–Trinajstić information content (AvgIpc) is 3.07. The van der Waals surface area contributed by atoms with Crippen LogP contribution in [-0.2, 0) is 30.2 Å². The Kier molecular flexibility index (Phi) is 16.1. The van der Waals surface area contributed by atoms with Crippen LogP contribution in [0.15, 0.2) is 52.7 Å². The number of ether oxygens (including phenoxy) is 4. The normalized spacial score (nSPS) is 21.9. The number of ketones is 1. The lowest BCUT2D eigenvalue weighted by atomic mass is 9.73. The number of carbonyl (C=O) groups excluding carboxylic acids is 2. The molecular weight excluding hydrogens is 662 g/mol. The Morgan fingerprint density at radius 1 is 0.863 bits per heavy atom. The first-order valence-corrected chi connectivity index (χ1v) is 17.2. The predicted octanol–water partition coefficient (Wildman–Crippen LogP) is 3.60. The van der Waals surface area contributed by atoms with Crippen molar-refractivity contribution in [1.29, 1.82) is 0 Å². The third-order valence-corrected chi connectivity index (χ3v) is 8.16. The maximum Gasteiger partial charge on any atom is 0.251 e. The number of carbonyl (C=O) groups is 2. The first kappa shape index (κ1) is 42.1. The van der Waals surface area contributed by atoms with Crippen molar-refractivity contribution in [3.8, 4) is 5.75 Å². The van der Waals surface area contributed by atoms with Crippen LogP contribution in [0.3, 0.4) is 0 Å². The third-order valence-electron chi connectivity index (χ3n) is 8.16. The minimum Gasteiger partial charge on any atom is -0.506 e. The molecule has 3 unspecified atom stereocenters. The van der Waals surface area contributed by atoms with Crippen molar-refractivity contribution in [2.24, 2.45) is 27.0 Å². The molecule has 0 spiro atoms. The van der Waals surface area contributed by atoms with Crippen molar-refractivity contribution in [3.05, 3.63) is 53.6 Å². The monoisotopic (exact) mass is 717 g/mol. The maximum atomic E-state index is 13.2. The molecule has 14 heteroatoms. The van der Waals surface area contributed by atoms with E-state index >= 15 is 0 Å². The molecule has 1 heterocycles. The van der Waals surface area contributed by atoms with Gasteiger partial charge in [-0.2, -0.15) is 5.11 Å².